The molecule has 1 aliphatic rings. The summed E-state index contributed by atoms with van der Waals surface area (Å²) in [6.45, 7) is 5.32. The molecule has 0 radical (unpaired) electrons. The Labute approximate surface area is 141 Å². The Morgan fingerprint density at radius 1 is 1.50 bits per heavy atom. The molecule has 1 atom stereocenters. The zero-order valence-corrected chi connectivity index (χ0v) is 14.3. The first-order valence-electron chi connectivity index (χ1n) is 8.20. The standard InChI is InChI=1S/C17H23N5O2/c1-4-21(2)17(23)13-7-5-6-12(10-13)16-19-15(20-24-16)14-11-18-8-9-22(14)3/h5-7,10,14,18H,4,8-9,11H2,1-3H3. The van der Waals surface area contributed by atoms with E-state index in [4.69, 9.17) is 4.52 Å². The van der Waals surface area contributed by atoms with E-state index in [1.54, 1.807) is 24.1 Å². The van der Waals surface area contributed by atoms with E-state index in [0.29, 0.717) is 23.8 Å². The maximum atomic E-state index is 12.3. The zero-order chi connectivity index (χ0) is 17.1. The van der Waals surface area contributed by atoms with Gasteiger partial charge in [-0.1, -0.05) is 11.2 Å². The van der Waals surface area contributed by atoms with Crippen LogP contribution in [0.2, 0.25) is 0 Å². The molecule has 3 rings (SSSR count). The number of amides is 1. The monoisotopic (exact) mass is 329 g/mol. The highest BCUT2D eigenvalue weighted by atomic mass is 16.5. The highest BCUT2D eigenvalue weighted by molar-refractivity contribution is 5.95. The normalized spacial score (nSPS) is 18.5. The smallest absolute Gasteiger partial charge is 0.258 e. The summed E-state index contributed by atoms with van der Waals surface area (Å²) < 4.78 is 5.43. The van der Waals surface area contributed by atoms with Crippen LogP contribution in [0, 0.1) is 0 Å². The molecule has 1 N–H and O–H groups in total. The van der Waals surface area contributed by atoms with Gasteiger partial charge in [-0.2, -0.15) is 4.98 Å². The van der Waals surface area contributed by atoms with Gasteiger partial charge in [-0.05, 0) is 32.2 Å². The molecule has 1 fully saturated rings. The van der Waals surface area contributed by atoms with Crippen LogP contribution in [0.25, 0.3) is 11.5 Å². The molecular weight excluding hydrogens is 306 g/mol. The molecule has 0 bridgehead atoms. The lowest BCUT2D eigenvalue weighted by atomic mass is 10.1. The Morgan fingerprint density at radius 2 is 2.33 bits per heavy atom. The number of hydrogen-bond acceptors (Lipinski definition) is 6. The molecule has 1 aliphatic heterocycles. The first kappa shape index (κ1) is 16.6. The summed E-state index contributed by atoms with van der Waals surface area (Å²) in [4.78, 5) is 20.7. The van der Waals surface area contributed by atoms with Crippen LogP contribution in [0.1, 0.15) is 29.1 Å². The molecule has 2 aromatic rings. The minimum absolute atomic E-state index is 0.0182. The fraction of sp³-hybridized carbons (Fsp3) is 0.471. The van der Waals surface area contributed by atoms with Crippen molar-refractivity contribution in [3.05, 3.63) is 35.7 Å². The van der Waals surface area contributed by atoms with Gasteiger partial charge in [0.1, 0.15) is 0 Å². The molecule has 1 aromatic heterocycles. The first-order valence-corrected chi connectivity index (χ1v) is 8.20. The second-order valence-electron chi connectivity index (χ2n) is 6.06. The third-order valence-corrected chi connectivity index (χ3v) is 4.43. The van der Waals surface area contributed by atoms with Crippen LogP contribution in [0.4, 0.5) is 0 Å². The van der Waals surface area contributed by atoms with Crippen molar-refractivity contribution < 1.29 is 9.32 Å². The first-order chi connectivity index (χ1) is 11.6. The van der Waals surface area contributed by atoms with Gasteiger partial charge in [-0.25, -0.2) is 0 Å². The van der Waals surface area contributed by atoms with E-state index in [0.717, 1.165) is 25.2 Å². The van der Waals surface area contributed by atoms with Crippen molar-refractivity contribution in [2.24, 2.45) is 0 Å². The van der Waals surface area contributed by atoms with Crippen LogP contribution >= 0.6 is 0 Å². The second-order valence-corrected chi connectivity index (χ2v) is 6.06. The fourth-order valence-corrected chi connectivity index (χ4v) is 2.73. The molecule has 0 saturated carbocycles. The van der Waals surface area contributed by atoms with Crippen LogP contribution < -0.4 is 5.32 Å². The van der Waals surface area contributed by atoms with Gasteiger partial charge in [0.05, 0.1) is 6.04 Å². The quantitative estimate of drug-likeness (QED) is 0.914. The van der Waals surface area contributed by atoms with Gasteiger partial charge in [0.2, 0.25) is 0 Å². The van der Waals surface area contributed by atoms with Crippen molar-refractivity contribution in [3.8, 4) is 11.5 Å². The van der Waals surface area contributed by atoms with Crippen molar-refractivity contribution in [2.75, 3.05) is 40.3 Å². The summed E-state index contributed by atoms with van der Waals surface area (Å²) in [5.74, 6) is 1.09. The van der Waals surface area contributed by atoms with Crippen LogP contribution in [0.15, 0.2) is 28.8 Å². The highest BCUT2D eigenvalue weighted by Gasteiger charge is 2.25. The molecule has 1 unspecified atom stereocenters. The number of likely N-dealkylation sites (N-methyl/N-ethyl adjacent to an activating group) is 1. The molecule has 1 aromatic carbocycles. The SMILES string of the molecule is CCN(C)C(=O)c1cccc(-c2nc(C3CNCCN3C)no2)c1. The number of nitrogens with zero attached hydrogens (tertiary/aromatic N) is 4. The van der Waals surface area contributed by atoms with Gasteiger partial charge >= 0.3 is 0 Å². The Kier molecular flexibility index (Phi) is 4.92. The lowest BCUT2D eigenvalue weighted by Gasteiger charge is -2.30. The molecule has 0 aliphatic carbocycles. The Hall–Kier alpha value is -2.25. The van der Waals surface area contributed by atoms with E-state index in [9.17, 15) is 4.79 Å². The third kappa shape index (κ3) is 3.32. The van der Waals surface area contributed by atoms with Crippen LogP contribution in [-0.2, 0) is 0 Å². The topological polar surface area (TPSA) is 74.5 Å². The summed E-state index contributed by atoms with van der Waals surface area (Å²) >= 11 is 0. The molecule has 1 amide bonds. The van der Waals surface area contributed by atoms with Crippen LogP contribution in [0.5, 0.6) is 0 Å². The number of carbonyl (C=O) groups is 1. The molecule has 128 valence electrons. The average Bonchev–Trinajstić information content (AvgIpc) is 3.11. The van der Waals surface area contributed by atoms with Crippen LogP contribution in [0.3, 0.4) is 0 Å². The second kappa shape index (κ2) is 7.11. The van der Waals surface area contributed by atoms with E-state index in [1.165, 1.54) is 0 Å². The van der Waals surface area contributed by atoms with E-state index in [-0.39, 0.29) is 11.9 Å². The highest BCUT2D eigenvalue weighted by Crippen LogP contribution is 2.23. The summed E-state index contributed by atoms with van der Waals surface area (Å²) in [5, 5.41) is 7.47. The zero-order valence-electron chi connectivity index (χ0n) is 14.3. The molecule has 2 heterocycles. The molecule has 7 heteroatoms. The number of rotatable bonds is 4. The molecule has 24 heavy (non-hydrogen) atoms. The van der Waals surface area contributed by atoms with Crippen molar-refractivity contribution >= 4 is 5.91 Å². The lowest BCUT2D eigenvalue weighted by molar-refractivity contribution is 0.0802. The predicted octanol–water partition coefficient (Wildman–Crippen LogP) is 1.40. The maximum Gasteiger partial charge on any atom is 0.258 e. The van der Waals surface area contributed by atoms with Gasteiger partial charge in [0.25, 0.3) is 11.8 Å². The van der Waals surface area contributed by atoms with Crippen LogP contribution in [-0.4, -0.2) is 66.1 Å². The maximum absolute atomic E-state index is 12.3. The van der Waals surface area contributed by atoms with E-state index in [1.807, 2.05) is 19.1 Å². The summed E-state index contributed by atoms with van der Waals surface area (Å²) in [6.07, 6.45) is 0. The summed E-state index contributed by atoms with van der Waals surface area (Å²) in [6, 6.07) is 7.42. The lowest BCUT2D eigenvalue weighted by Crippen LogP contribution is -2.44. The molecule has 1 saturated heterocycles. The predicted molar refractivity (Wildman–Crippen MR) is 90.6 cm³/mol. The van der Waals surface area contributed by atoms with Crippen molar-refractivity contribution in [1.82, 2.24) is 25.3 Å². The largest absolute Gasteiger partial charge is 0.342 e. The van der Waals surface area contributed by atoms with E-state index < -0.39 is 0 Å². The fourth-order valence-electron chi connectivity index (χ4n) is 2.73. The number of benzene rings is 1. The minimum atomic E-state index is -0.0182. The molecule has 7 nitrogen and oxygen atoms in total. The number of carbonyl (C=O) groups excluding carboxylic acids is 1. The number of aromatic nitrogens is 2. The van der Waals surface area contributed by atoms with Gasteiger partial charge in [0.15, 0.2) is 5.82 Å². The van der Waals surface area contributed by atoms with Crippen molar-refractivity contribution in [1.29, 1.82) is 0 Å². The minimum Gasteiger partial charge on any atom is -0.342 e. The van der Waals surface area contributed by atoms with Crippen molar-refractivity contribution in [2.45, 2.75) is 13.0 Å². The van der Waals surface area contributed by atoms with E-state index >= 15 is 0 Å². The third-order valence-electron chi connectivity index (χ3n) is 4.43. The number of piperazine rings is 1. The van der Waals surface area contributed by atoms with Crippen molar-refractivity contribution in [3.63, 3.8) is 0 Å². The summed E-state index contributed by atoms with van der Waals surface area (Å²) in [7, 11) is 3.84. The van der Waals surface area contributed by atoms with E-state index in [2.05, 4.69) is 27.4 Å². The molecular formula is C17H23N5O2. The summed E-state index contributed by atoms with van der Waals surface area (Å²) in [5.41, 5.74) is 1.38. The van der Waals surface area contributed by atoms with Gasteiger partial charge in [-0.3, -0.25) is 9.69 Å². The van der Waals surface area contributed by atoms with Gasteiger partial charge < -0.3 is 14.7 Å². The number of hydrogen-bond donors (Lipinski definition) is 1. The average molecular weight is 329 g/mol. The molecule has 0 spiro atoms. The van der Waals surface area contributed by atoms with Gasteiger partial charge in [-0.15, -0.1) is 0 Å². The Bertz CT molecular complexity index is 715. The number of nitrogens with one attached hydrogen (secondary N) is 1. The Morgan fingerprint density at radius 3 is 3.08 bits per heavy atom. The Balaban J connectivity index is 1.84. The van der Waals surface area contributed by atoms with Gasteiger partial charge in [0, 0.05) is 44.4 Å².